The Balaban J connectivity index is 1.93. The average molecular weight is 244 g/mol. The number of hydrogen-bond acceptors (Lipinski definition) is 3. The van der Waals surface area contributed by atoms with E-state index in [0.717, 1.165) is 17.0 Å². The number of nitrogens with one attached hydrogen (secondary N) is 1. The third kappa shape index (κ3) is 3.51. The predicted molar refractivity (Wildman–Crippen MR) is 75.7 cm³/mol. The number of anilines is 1. The van der Waals surface area contributed by atoms with E-state index in [-0.39, 0.29) is 6.04 Å². The minimum Gasteiger partial charge on any atom is -0.399 e. The van der Waals surface area contributed by atoms with Crippen LogP contribution >= 0.6 is 11.9 Å². The standard InChI is InChI=1S/C14H16N2S/c1-11-5-3-2-4-6-14(11)16-17-13-9-7-12(15)8-10-13/h2-4,6-10,14,16H,1,5,15H2. The molecule has 2 rings (SSSR count). The summed E-state index contributed by atoms with van der Waals surface area (Å²) in [6.07, 6.45) is 9.28. The van der Waals surface area contributed by atoms with Crippen molar-refractivity contribution in [2.24, 2.45) is 0 Å². The Morgan fingerprint density at radius 3 is 2.76 bits per heavy atom. The van der Waals surface area contributed by atoms with Crippen LogP contribution in [0.4, 0.5) is 5.69 Å². The predicted octanol–water partition coefficient (Wildman–Crippen LogP) is 3.31. The fourth-order valence-electron chi connectivity index (χ4n) is 1.53. The molecule has 1 atom stereocenters. The van der Waals surface area contributed by atoms with Gasteiger partial charge in [0.05, 0.1) is 6.04 Å². The lowest BCUT2D eigenvalue weighted by Crippen LogP contribution is -2.21. The van der Waals surface area contributed by atoms with E-state index in [1.54, 1.807) is 11.9 Å². The molecule has 2 nitrogen and oxygen atoms in total. The van der Waals surface area contributed by atoms with E-state index >= 15 is 0 Å². The van der Waals surface area contributed by atoms with E-state index in [9.17, 15) is 0 Å². The van der Waals surface area contributed by atoms with Crippen LogP contribution in [0.1, 0.15) is 6.42 Å². The second-order valence-electron chi connectivity index (χ2n) is 3.94. The lowest BCUT2D eigenvalue weighted by Gasteiger charge is -2.15. The van der Waals surface area contributed by atoms with E-state index in [1.807, 2.05) is 24.3 Å². The molecule has 0 heterocycles. The van der Waals surface area contributed by atoms with Crippen LogP contribution in [0, 0.1) is 0 Å². The molecule has 1 aliphatic carbocycles. The summed E-state index contributed by atoms with van der Waals surface area (Å²) in [5.41, 5.74) is 7.61. The van der Waals surface area contributed by atoms with Crippen LogP contribution in [0.3, 0.4) is 0 Å². The lowest BCUT2D eigenvalue weighted by molar-refractivity contribution is 0.858. The van der Waals surface area contributed by atoms with Gasteiger partial charge in [0.25, 0.3) is 0 Å². The van der Waals surface area contributed by atoms with Gasteiger partial charge >= 0.3 is 0 Å². The Kier molecular flexibility index (Phi) is 4.07. The van der Waals surface area contributed by atoms with Gasteiger partial charge in [0.1, 0.15) is 0 Å². The third-order valence-corrected chi connectivity index (χ3v) is 3.43. The Bertz CT molecular complexity index is 446. The molecule has 3 heteroatoms. The van der Waals surface area contributed by atoms with Gasteiger partial charge in [-0.3, -0.25) is 0 Å². The average Bonchev–Trinajstić information content (AvgIpc) is 2.54. The molecular formula is C14H16N2S. The summed E-state index contributed by atoms with van der Waals surface area (Å²) in [4.78, 5) is 1.15. The van der Waals surface area contributed by atoms with E-state index in [4.69, 9.17) is 5.73 Å². The minimum absolute atomic E-state index is 0.215. The Morgan fingerprint density at radius 1 is 1.24 bits per heavy atom. The molecule has 0 aromatic heterocycles. The number of nitrogen functional groups attached to an aromatic ring is 1. The second-order valence-corrected chi connectivity index (χ2v) is 4.85. The fraction of sp³-hybridized carbons (Fsp3) is 0.143. The monoisotopic (exact) mass is 244 g/mol. The maximum atomic E-state index is 5.65. The summed E-state index contributed by atoms with van der Waals surface area (Å²) in [5, 5.41) is 0. The molecular weight excluding hydrogens is 228 g/mol. The number of rotatable bonds is 3. The van der Waals surface area contributed by atoms with E-state index in [1.165, 1.54) is 5.57 Å². The number of benzene rings is 1. The van der Waals surface area contributed by atoms with Crippen molar-refractivity contribution < 1.29 is 0 Å². The summed E-state index contributed by atoms with van der Waals surface area (Å²) in [6, 6.07) is 8.04. The van der Waals surface area contributed by atoms with Gasteiger partial charge in [-0.1, -0.05) is 36.5 Å². The van der Waals surface area contributed by atoms with E-state index < -0.39 is 0 Å². The molecule has 88 valence electrons. The molecule has 0 aliphatic heterocycles. The normalized spacial score (nSPS) is 19.3. The smallest absolute Gasteiger partial charge is 0.0568 e. The maximum absolute atomic E-state index is 5.65. The highest BCUT2D eigenvalue weighted by molar-refractivity contribution is 7.97. The van der Waals surface area contributed by atoms with Crippen LogP contribution in [-0.4, -0.2) is 6.04 Å². The topological polar surface area (TPSA) is 38.0 Å². The molecule has 17 heavy (non-hydrogen) atoms. The first-order valence-corrected chi connectivity index (χ1v) is 6.36. The Morgan fingerprint density at radius 2 is 2.00 bits per heavy atom. The summed E-state index contributed by atoms with van der Waals surface area (Å²) < 4.78 is 3.40. The molecule has 0 saturated carbocycles. The first kappa shape index (κ1) is 12.0. The molecule has 1 unspecified atom stereocenters. The van der Waals surface area contributed by atoms with Gasteiger partial charge in [0.2, 0.25) is 0 Å². The molecule has 1 aromatic rings. The van der Waals surface area contributed by atoms with Crippen LogP contribution in [0.25, 0.3) is 0 Å². The SMILES string of the molecule is C=C1CC=CC=CC1NSc1ccc(N)cc1. The quantitative estimate of drug-likeness (QED) is 0.487. The zero-order valence-electron chi connectivity index (χ0n) is 9.60. The first-order chi connectivity index (χ1) is 8.25. The zero-order valence-corrected chi connectivity index (χ0v) is 10.4. The molecule has 1 aromatic carbocycles. The third-order valence-electron chi connectivity index (χ3n) is 2.55. The summed E-state index contributed by atoms with van der Waals surface area (Å²) in [6.45, 7) is 4.08. The highest BCUT2D eigenvalue weighted by Crippen LogP contribution is 2.20. The molecule has 3 N–H and O–H groups in total. The van der Waals surface area contributed by atoms with Crippen molar-refractivity contribution in [1.82, 2.24) is 4.72 Å². The van der Waals surface area contributed by atoms with Gasteiger partial charge in [-0.25, -0.2) is 4.72 Å². The van der Waals surface area contributed by atoms with Gasteiger partial charge in [0.15, 0.2) is 0 Å². The van der Waals surface area contributed by atoms with Gasteiger partial charge in [-0.15, -0.1) is 0 Å². The van der Waals surface area contributed by atoms with Crippen molar-refractivity contribution in [3.8, 4) is 0 Å². The van der Waals surface area contributed by atoms with Crippen LogP contribution in [0.2, 0.25) is 0 Å². The van der Waals surface area contributed by atoms with E-state index in [0.29, 0.717) is 0 Å². The van der Waals surface area contributed by atoms with Crippen molar-refractivity contribution in [2.45, 2.75) is 17.4 Å². The van der Waals surface area contributed by atoms with Crippen LogP contribution < -0.4 is 10.5 Å². The molecule has 0 spiro atoms. The van der Waals surface area contributed by atoms with Gasteiger partial charge in [-0.2, -0.15) is 0 Å². The lowest BCUT2D eigenvalue weighted by atomic mass is 10.1. The summed E-state index contributed by atoms with van der Waals surface area (Å²) in [5.74, 6) is 0. The van der Waals surface area contributed by atoms with Gasteiger partial charge in [-0.05, 0) is 42.6 Å². The molecule has 0 fully saturated rings. The minimum atomic E-state index is 0.215. The second kappa shape index (κ2) is 5.75. The Labute approximate surface area is 106 Å². The fourth-order valence-corrected chi connectivity index (χ4v) is 2.31. The zero-order chi connectivity index (χ0) is 12.1. The van der Waals surface area contributed by atoms with Gasteiger partial charge < -0.3 is 5.73 Å². The highest BCUT2D eigenvalue weighted by atomic mass is 32.2. The van der Waals surface area contributed by atoms with Crippen LogP contribution in [0.15, 0.2) is 65.6 Å². The molecule has 1 aliphatic rings. The molecule has 0 saturated heterocycles. The molecule has 0 radical (unpaired) electrons. The maximum Gasteiger partial charge on any atom is 0.0568 e. The summed E-state index contributed by atoms with van der Waals surface area (Å²) in [7, 11) is 0. The first-order valence-electron chi connectivity index (χ1n) is 5.54. The van der Waals surface area contributed by atoms with Gasteiger partial charge in [0, 0.05) is 10.6 Å². The van der Waals surface area contributed by atoms with Crippen molar-refractivity contribution in [3.05, 3.63) is 60.7 Å². The number of allylic oxidation sites excluding steroid dienone is 3. The van der Waals surface area contributed by atoms with Crippen molar-refractivity contribution in [2.75, 3.05) is 5.73 Å². The molecule has 0 bridgehead atoms. The number of hydrogen-bond donors (Lipinski definition) is 2. The number of nitrogens with two attached hydrogens (primary N) is 1. The van der Waals surface area contributed by atoms with Crippen LogP contribution in [-0.2, 0) is 0 Å². The van der Waals surface area contributed by atoms with Crippen molar-refractivity contribution in [3.63, 3.8) is 0 Å². The van der Waals surface area contributed by atoms with Crippen LogP contribution in [0.5, 0.6) is 0 Å². The van der Waals surface area contributed by atoms with E-state index in [2.05, 4.69) is 35.6 Å². The largest absolute Gasteiger partial charge is 0.399 e. The van der Waals surface area contributed by atoms with Crippen molar-refractivity contribution >= 4 is 17.6 Å². The molecule has 0 amide bonds. The summed E-state index contributed by atoms with van der Waals surface area (Å²) >= 11 is 1.60. The van der Waals surface area contributed by atoms with Crippen molar-refractivity contribution in [1.29, 1.82) is 0 Å². The Hall–Kier alpha value is -1.45. The highest BCUT2D eigenvalue weighted by Gasteiger charge is 2.09.